The number of para-hydroxylation sites is 1. The Morgan fingerprint density at radius 2 is 1.85 bits per heavy atom. The molecule has 0 bridgehead atoms. The van der Waals surface area contributed by atoms with Crippen LogP contribution in [0.2, 0.25) is 0 Å². The van der Waals surface area contributed by atoms with E-state index in [9.17, 15) is 14.4 Å². The van der Waals surface area contributed by atoms with Crippen molar-refractivity contribution in [2.45, 2.75) is 32.5 Å². The van der Waals surface area contributed by atoms with Gasteiger partial charge in [-0.1, -0.05) is 18.2 Å². The summed E-state index contributed by atoms with van der Waals surface area (Å²) in [6.45, 7) is 4.16. The lowest BCUT2D eigenvalue weighted by Crippen LogP contribution is -2.39. The number of carbonyl (C=O) groups is 3. The molecule has 1 aliphatic rings. The Hall–Kier alpha value is -2.91. The number of fused-ring (bicyclic) bond motifs is 1. The number of nitrogens with two attached hydrogens (primary N) is 1. The second kappa shape index (κ2) is 7.37. The average Bonchev–Trinajstić information content (AvgIpc) is 2.96. The van der Waals surface area contributed by atoms with Crippen molar-refractivity contribution in [3.8, 4) is 0 Å². The molecule has 0 saturated carbocycles. The molecule has 2 aromatic rings. The minimum absolute atomic E-state index is 0.239. The van der Waals surface area contributed by atoms with Crippen molar-refractivity contribution in [2.75, 3.05) is 10.7 Å². The van der Waals surface area contributed by atoms with E-state index in [1.165, 1.54) is 11.3 Å². The number of nitrogens with one attached hydrogen (secondary N) is 3. The molecule has 8 nitrogen and oxygen atoms in total. The predicted molar refractivity (Wildman–Crippen MR) is 102 cm³/mol. The SMILES string of the molecule is CC1(C)Cc2c(sc(NC(=O)C(=O)NNc3ccccc3)c2C(N)=O)CO1. The summed E-state index contributed by atoms with van der Waals surface area (Å²) in [5.41, 5.74) is 11.7. The minimum Gasteiger partial charge on any atom is -0.370 e. The fraction of sp³-hybridized carbons (Fsp3) is 0.278. The van der Waals surface area contributed by atoms with Crippen molar-refractivity contribution in [3.63, 3.8) is 0 Å². The lowest BCUT2D eigenvalue weighted by Gasteiger charge is -2.30. The van der Waals surface area contributed by atoms with Gasteiger partial charge in [0.05, 0.1) is 23.5 Å². The zero-order chi connectivity index (χ0) is 19.6. The molecule has 0 atom stereocenters. The summed E-state index contributed by atoms with van der Waals surface area (Å²) in [6.07, 6.45) is 0.495. The Bertz CT molecular complexity index is 892. The number of rotatable bonds is 4. The maximum absolute atomic E-state index is 12.2. The lowest BCUT2D eigenvalue weighted by atomic mass is 9.93. The number of primary amides is 1. The summed E-state index contributed by atoms with van der Waals surface area (Å²) in [4.78, 5) is 37.0. The highest BCUT2D eigenvalue weighted by molar-refractivity contribution is 7.17. The molecule has 5 N–H and O–H groups in total. The van der Waals surface area contributed by atoms with E-state index in [2.05, 4.69) is 16.2 Å². The van der Waals surface area contributed by atoms with Gasteiger partial charge in [0.2, 0.25) is 0 Å². The first kappa shape index (κ1) is 18.9. The fourth-order valence-corrected chi connectivity index (χ4v) is 3.90. The molecule has 9 heteroatoms. The molecule has 0 aliphatic carbocycles. The van der Waals surface area contributed by atoms with E-state index in [0.29, 0.717) is 18.7 Å². The number of amides is 3. The number of hydrazine groups is 1. The van der Waals surface area contributed by atoms with Crippen molar-refractivity contribution in [2.24, 2.45) is 5.73 Å². The Balaban J connectivity index is 1.73. The van der Waals surface area contributed by atoms with Gasteiger partial charge in [0.15, 0.2) is 0 Å². The Labute approximate surface area is 160 Å². The Morgan fingerprint density at radius 1 is 1.15 bits per heavy atom. The monoisotopic (exact) mass is 388 g/mol. The molecule has 0 spiro atoms. The maximum Gasteiger partial charge on any atom is 0.327 e. The Kier molecular flexibility index (Phi) is 5.15. The quantitative estimate of drug-likeness (QED) is 0.470. The lowest BCUT2D eigenvalue weighted by molar-refractivity contribution is -0.135. The first-order chi connectivity index (χ1) is 12.8. The molecule has 0 saturated heterocycles. The van der Waals surface area contributed by atoms with Crippen LogP contribution in [0.1, 0.15) is 34.6 Å². The third kappa shape index (κ3) is 4.26. The highest BCUT2D eigenvalue weighted by atomic mass is 32.1. The number of benzene rings is 1. The van der Waals surface area contributed by atoms with Gasteiger partial charge in [0, 0.05) is 11.3 Å². The summed E-state index contributed by atoms with van der Waals surface area (Å²) in [6, 6.07) is 8.87. The van der Waals surface area contributed by atoms with E-state index in [0.717, 1.165) is 10.4 Å². The number of hydrogen-bond acceptors (Lipinski definition) is 6. The zero-order valence-corrected chi connectivity index (χ0v) is 15.7. The van der Waals surface area contributed by atoms with Crippen molar-refractivity contribution in [3.05, 3.63) is 46.3 Å². The molecule has 0 unspecified atom stereocenters. The summed E-state index contributed by atoms with van der Waals surface area (Å²) in [5, 5.41) is 2.74. The zero-order valence-electron chi connectivity index (χ0n) is 14.9. The van der Waals surface area contributed by atoms with Gasteiger partial charge >= 0.3 is 11.8 Å². The van der Waals surface area contributed by atoms with Crippen LogP contribution in [0.3, 0.4) is 0 Å². The van der Waals surface area contributed by atoms with Gasteiger partial charge in [-0.3, -0.25) is 25.2 Å². The second-order valence-electron chi connectivity index (χ2n) is 6.70. The normalized spacial score (nSPS) is 14.7. The van der Waals surface area contributed by atoms with Gasteiger partial charge in [0.1, 0.15) is 5.00 Å². The van der Waals surface area contributed by atoms with Crippen LogP contribution >= 0.6 is 11.3 Å². The van der Waals surface area contributed by atoms with Gasteiger partial charge < -0.3 is 15.8 Å². The number of anilines is 2. The number of ether oxygens (including phenoxy) is 1. The number of hydrogen-bond donors (Lipinski definition) is 4. The molecule has 0 radical (unpaired) electrons. The molecule has 27 heavy (non-hydrogen) atoms. The highest BCUT2D eigenvalue weighted by Crippen LogP contribution is 2.40. The fourth-order valence-electron chi connectivity index (χ4n) is 2.77. The third-order valence-electron chi connectivity index (χ3n) is 4.06. The van der Waals surface area contributed by atoms with E-state index in [1.54, 1.807) is 24.3 Å². The van der Waals surface area contributed by atoms with Gasteiger partial charge in [0.25, 0.3) is 5.91 Å². The molecule has 2 heterocycles. The van der Waals surface area contributed by atoms with E-state index in [4.69, 9.17) is 10.5 Å². The third-order valence-corrected chi connectivity index (χ3v) is 5.18. The molecule has 3 rings (SSSR count). The van der Waals surface area contributed by atoms with Crippen LogP contribution in [0, 0.1) is 0 Å². The van der Waals surface area contributed by atoms with Crippen LogP contribution in [0.15, 0.2) is 30.3 Å². The van der Waals surface area contributed by atoms with Crippen LogP contribution in [-0.2, 0) is 27.4 Å². The van der Waals surface area contributed by atoms with Crippen molar-refractivity contribution < 1.29 is 19.1 Å². The summed E-state index contributed by atoms with van der Waals surface area (Å²) < 4.78 is 5.74. The van der Waals surface area contributed by atoms with E-state index in [1.807, 2.05) is 19.9 Å². The first-order valence-electron chi connectivity index (χ1n) is 8.27. The topological polar surface area (TPSA) is 123 Å². The van der Waals surface area contributed by atoms with Crippen LogP contribution in [0.25, 0.3) is 0 Å². The molecule has 3 amide bonds. The molecule has 142 valence electrons. The van der Waals surface area contributed by atoms with E-state index in [-0.39, 0.29) is 10.6 Å². The van der Waals surface area contributed by atoms with Crippen LogP contribution in [0.5, 0.6) is 0 Å². The minimum atomic E-state index is -0.903. The molecular formula is C18H20N4O4S. The predicted octanol–water partition coefficient (Wildman–Crippen LogP) is 1.78. The summed E-state index contributed by atoms with van der Waals surface area (Å²) in [5.74, 6) is -2.44. The summed E-state index contributed by atoms with van der Waals surface area (Å²) >= 11 is 1.19. The number of carbonyl (C=O) groups excluding carboxylic acids is 3. The highest BCUT2D eigenvalue weighted by Gasteiger charge is 2.33. The standard InChI is InChI=1S/C18H20N4O4S/c1-18(2)8-11-12(9-26-18)27-17(13(11)14(19)23)20-15(24)16(25)22-21-10-6-4-3-5-7-10/h3-7,21H,8-9H2,1-2H3,(H2,19,23)(H,20,24)(H,22,25). The molecule has 0 fully saturated rings. The van der Waals surface area contributed by atoms with Gasteiger partial charge in [-0.2, -0.15) is 0 Å². The van der Waals surface area contributed by atoms with Crippen LogP contribution in [0.4, 0.5) is 10.7 Å². The molecular weight excluding hydrogens is 368 g/mol. The second-order valence-corrected chi connectivity index (χ2v) is 7.80. The van der Waals surface area contributed by atoms with Crippen molar-refractivity contribution in [1.82, 2.24) is 5.43 Å². The number of thiophene rings is 1. The Morgan fingerprint density at radius 3 is 2.52 bits per heavy atom. The summed E-state index contributed by atoms with van der Waals surface area (Å²) in [7, 11) is 0. The smallest absolute Gasteiger partial charge is 0.327 e. The largest absolute Gasteiger partial charge is 0.370 e. The van der Waals surface area contributed by atoms with Gasteiger partial charge in [-0.15, -0.1) is 11.3 Å². The molecule has 1 aromatic carbocycles. The average molecular weight is 388 g/mol. The van der Waals surface area contributed by atoms with Gasteiger partial charge in [-0.05, 0) is 31.5 Å². The maximum atomic E-state index is 12.2. The van der Waals surface area contributed by atoms with Crippen LogP contribution in [-0.4, -0.2) is 23.3 Å². The van der Waals surface area contributed by atoms with E-state index < -0.39 is 23.3 Å². The van der Waals surface area contributed by atoms with Crippen molar-refractivity contribution >= 4 is 39.7 Å². The van der Waals surface area contributed by atoms with E-state index >= 15 is 0 Å². The first-order valence-corrected chi connectivity index (χ1v) is 9.09. The van der Waals surface area contributed by atoms with Gasteiger partial charge in [-0.25, -0.2) is 0 Å². The van der Waals surface area contributed by atoms with Crippen LogP contribution < -0.4 is 21.9 Å². The van der Waals surface area contributed by atoms with Crippen molar-refractivity contribution in [1.29, 1.82) is 0 Å². The molecule has 1 aliphatic heterocycles. The molecule has 1 aromatic heterocycles.